The molecule has 2 aromatic carbocycles. The van der Waals surface area contributed by atoms with Crippen LogP contribution in [0.5, 0.6) is 11.5 Å². The van der Waals surface area contributed by atoms with E-state index in [1.165, 1.54) is 11.0 Å². The van der Waals surface area contributed by atoms with Gasteiger partial charge in [0, 0.05) is 18.7 Å². The molecule has 0 saturated heterocycles. The molecule has 2 aromatic rings. The van der Waals surface area contributed by atoms with Crippen LogP contribution >= 0.6 is 23.2 Å². The van der Waals surface area contributed by atoms with Gasteiger partial charge in [0.1, 0.15) is 12.6 Å². The maximum atomic E-state index is 13.8. The summed E-state index contributed by atoms with van der Waals surface area (Å²) in [4.78, 5) is 28.6. The van der Waals surface area contributed by atoms with Crippen LogP contribution in [0.15, 0.2) is 36.4 Å². The number of hydrogen-bond donors (Lipinski definition) is 1. The zero-order valence-corrected chi connectivity index (χ0v) is 23.6. The number of nitrogens with zero attached hydrogens (tertiary/aromatic N) is 2. The van der Waals surface area contributed by atoms with Crippen molar-refractivity contribution in [2.45, 2.75) is 57.7 Å². The molecule has 1 atom stereocenters. The molecule has 38 heavy (non-hydrogen) atoms. The van der Waals surface area contributed by atoms with Crippen LogP contribution in [0, 0.1) is 0 Å². The fourth-order valence-corrected chi connectivity index (χ4v) is 5.94. The second kappa shape index (κ2) is 12.0. The van der Waals surface area contributed by atoms with Crippen molar-refractivity contribution in [2.24, 2.45) is 0 Å². The van der Waals surface area contributed by atoms with Crippen molar-refractivity contribution in [3.8, 4) is 11.5 Å². The number of benzene rings is 2. The number of carbonyl (C=O) groups excluding carboxylic acids is 2. The van der Waals surface area contributed by atoms with Crippen molar-refractivity contribution < 1.29 is 27.5 Å². The molecule has 206 valence electrons. The summed E-state index contributed by atoms with van der Waals surface area (Å²) in [5, 5.41) is 3.76. The first-order valence-electron chi connectivity index (χ1n) is 12.5. The van der Waals surface area contributed by atoms with Gasteiger partial charge in [-0.25, -0.2) is 8.42 Å². The largest absolute Gasteiger partial charge is 0.454 e. The lowest BCUT2D eigenvalue weighted by atomic mass is 10.1. The highest BCUT2D eigenvalue weighted by Gasteiger charge is 2.33. The van der Waals surface area contributed by atoms with Gasteiger partial charge in [0.25, 0.3) is 0 Å². The average molecular weight is 585 g/mol. The Hall–Kier alpha value is -2.69. The Labute approximate surface area is 233 Å². The SMILES string of the molecule is CC[C@@H](C(=O)NC1CCCC1)N(Cc1ccc(Cl)c(Cl)c1)C(=O)CN(c1ccc2c(c1)OCO2)S(C)(=O)=O. The first kappa shape index (κ1) is 28.3. The third kappa shape index (κ3) is 6.65. The van der Waals surface area contributed by atoms with Gasteiger partial charge in [0.2, 0.25) is 28.6 Å². The zero-order chi connectivity index (χ0) is 27.4. The summed E-state index contributed by atoms with van der Waals surface area (Å²) in [6.45, 7) is 1.39. The smallest absolute Gasteiger partial charge is 0.244 e. The first-order chi connectivity index (χ1) is 18.1. The van der Waals surface area contributed by atoms with E-state index >= 15 is 0 Å². The van der Waals surface area contributed by atoms with E-state index < -0.39 is 28.5 Å². The van der Waals surface area contributed by atoms with Gasteiger partial charge in [0.15, 0.2) is 11.5 Å². The summed E-state index contributed by atoms with van der Waals surface area (Å²) in [5.74, 6) is 0.0809. The molecule has 0 unspecified atom stereocenters. The molecule has 0 aromatic heterocycles. The Bertz CT molecular complexity index is 1300. The summed E-state index contributed by atoms with van der Waals surface area (Å²) in [6, 6.07) is 8.91. The summed E-state index contributed by atoms with van der Waals surface area (Å²) in [5.41, 5.74) is 0.914. The summed E-state index contributed by atoms with van der Waals surface area (Å²) in [7, 11) is -3.87. The normalized spacial score (nSPS) is 15.8. The summed E-state index contributed by atoms with van der Waals surface area (Å²) in [6.07, 6.45) is 5.26. The van der Waals surface area contributed by atoms with E-state index in [1.807, 2.05) is 6.92 Å². The molecule has 2 aliphatic rings. The molecule has 1 aliphatic heterocycles. The molecule has 0 spiro atoms. The maximum Gasteiger partial charge on any atom is 0.244 e. The molecule has 0 radical (unpaired) electrons. The third-order valence-electron chi connectivity index (χ3n) is 6.75. The molecule has 1 saturated carbocycles. The molecule has 4 rings (SSSR count). The minimum Gasteiger partial charge on any atom is -0.454 e. The highest BCUT2D eigenvalue weighted by molar-refractivity contribution is 7.92. The fourth-order valence-electron chi connectivity index (χ4n) is 4.78. The van der Waals surface area contributed by atoms with E-state index in [9.17, 15) is 18.0 Å². The zero-order valence-electron chi connectivity index (χ0n) is 21.3. The van der Waals surface area contributed by atoms with Gasteiger partial charge in [-0.3, -0.25) is 13.9 Å². The monoisotopic (exact) mass is 583 g/mol. The number of carbonyl (C=O) groups is 2. The number of hydrogen-bond acceptors (Lipinski definition) is 6. The molecular formula is C26H31Cl2N3O6S. The van der Waals surface area contributed by atoms with E-state index in [2.05, 4.69) is 5.32 Å². The molecule has 1 N–H and O–H groups in total. The van der Waals surface area contributed by atoms with Crippen LogP contribution in [-0.4, -0.2) is 56.8 Å². The standard InChI is InChI=1S/C26H31Cl2N3O6S/c1-3-22(26(33)29-18-6-4-5-7-18)30(14-17-8-10-20(27)21(28)12-17)25(32)15-31(38(2,34)35)19-9-11-23-24(13-19)37-16-36-23/h8-13,18,22H,3-7,14-16H2,1-2H3,(H,29,33)/t22-/m0/s1. The van der Waals surface area contributed by atoms with Gasteiger partial charge in [-0.15, -0.1) is 0 Å². The van der Waals surface area contributed by atoms with Crippen molar-refractivity contribution in [3.05, 3.63) is 52.0 Å². The summed E-state index contributed by atoms with van der Waals surface area (Å²) < 4.78 is 37.3. The van der Waals surface area contributed by atoms with Crippen LogP contribution in [0.2, 0.25) is 10.0 Å². The van der Waals surface area contributed by atoms with Crippen molar-refractivity contribution in [1.82, 2.24) is 10.2 Å². The topological polar surface area (TPSA) is 105 Å². The minimum atomic E-state index is -3.87. The van der Waals surface area contributed by atoms with Crippen molar-refractivity contribution in [3.63, 3.8) is 0 Å². The van der Waals surface area contributed by atoms with Crippen molar-refractivity contribution >= 4 is 50.7 Å². The molecule has 1 heterocycles. The Morgan fingerprint density at radius 3 is 2.42 bits per heavy atom. The van der Waals surface area contributed by atoms with Crippen LogP contribution in [0.1, 0.15) is 44.6 Å². The number of rotatable bonds is 10. The van der Waals surface area contributed by atoms with Gasteiger partial charge in [-0.05, 0) is 49.1 Å². The second-order valence-electron chi connectivity index (χ2n) is 9.49. The first-order valence-corrected chi connectivity index (χ1v) is 15.1. The molecule has 1 aliphatic carbocycles. The van der Waals surface area contributed by atoms with E-state index in [0.717, 1.165) is 36.2 Å². The number of nitrogens with one attached hydrogen (secondary N) is 1. The van der Waals surface area contributed by atoms with Crippen molar-refractivity contribution in [1.29, 1.82) is 0 Å². The summed E-state index contributed by atoms with van der Waals surface area (Å²) >= 11 is 12.3. The molecule has 0 bridgehead atoms. The van der Waals surface area contributed by atoms with Crippen LogP contribution in [0.4, 0.5) is 5.69 Å². The van der Waals surface area contributed by atoms with Gasteiger partial charge < -0.3 is 19.7 Å². The molecule has 2 amide bonds. The predicted molar refractivity (Wildman–Crippen MR) is 146 cm³/mol. The molecule has 1 fully saturated rings. The quantitative estimate of drug-likeness (QED) is 0.445. The lowest BCUT2D eigenvalue weighted by Crippen LogP contribution is -2.53. The van der Waals surface area contributed by atoms with Gasteiger partial charge >= 0.3 is 0 Å². The number of ether oxygens (including phenoxy) is 2. The van der Waals surface area contributed by atoms with Crippen LogP contribution in [0.25, 0.3) is 0 Å². The Balaban J connectivity index is 1.64. The lowest BCUT2D eigenvalue weighted by molar-refractivity contribution is -0.140. The average Bonchev–Trinajstić information content (AvgIpc) is 3.55. The maximum absolute atomic E-state index is 13.8. The van der Waals surface area contributed by atoms with Crippen LogP contribution < -0.4 is 19.1 Å². The number of sulfonamides is 1. The fraction of sp³-hybridized carbons (Fsp3) is 0.462. The number of fused-ring (bicyclic) bond motifs is 1. The number of amides is 2. The number of halogens is 2. The van der Waals surface area contributed by atoms with Crippen molar-refractivity contribution in [2.75, 3.05) is 23.9 Å². The predicted octanol–water partition coefficient (Wildman–Crippen LogP) is 4.35. The lowest BCUT2D eigenvalue weighted by Gasteiger charge is -2.33. The van der Waals surface area contributed by atoms with Gasteiger partial charge in [0.05, 0.1) is 22.0 Å². The minimum absolute atomic E-state index is 0.0301. The Morgan fingerprint density at radius 1 is 1.05 bits per heavy atom. The van der Waals surface area contributed by atoms with Crippen LogP contribution in [0.3, 0.4) is 0 Å². The number of anilines is 1. The van der Waals surface area contributed by atoms with E-state index in [4.69, 9.17) is 32.7 Å². The molecule has 9 nitrogen and oxygen atoms in total. The Kier molecular flexibility index (Phi) is 8.95. The van der Waals surface area contributed by atoms with E-state index in [0.29, 0.717) is 33.5 Å². The third-order valence-corrected chi connectivity index (χ3v) is 8.63. The second-order valence-corrected chi connectivity index (χ2v) is 12.2. The molecule has 12 heteroatoms. The van der Waals surface area contributed by atoms with Crippen LogP contribution in [-0.2, 0) is 26.2 Å². The van der Waals surface area contributed by atoms with E-state index in [-0.39, 0.29) is 31.0 Å². The highest BCUT2D eigenvalue weighted by atomic mass is 35.5. The Morgan fingerprint density at radius 2 is 1.76 bits per heavy atom. The molecular weight excluding hydrogens is 553 g/mol. The van der Waals surface area contributed by atoms with E-state index in [1.54, 1.807) is 30.3 Å². The van der Waals surface area contributed by atoms with Gasteiger partial charge in [-0.1, -0.05) is 49.0 Å². The highest BCUT2D eigenvalue weighted by Crippen LogP contribution is 2.36. The van der Waals surface area contributed by atoms with Gasteiger partial charge in [-0.2, -0.15) is 0 Å².